The zero-order valence-electron chi connectivity index (χ0n) is 20.0. The maximum Gasteiger partial charge on any atom is 0.420 e. The van der Waals surface area contributed by atoms with Crippen LogP contribution in [0.2, 0.25) is 0 Å². The van der Waals surface area contributed by atoms with E-state index in [1.807, 2.05) is 18.9 Å². The third-order valence-corrected chi connectivity index (χ3v) is 6.61. The number of piperazine rings is 1. The second-order valence-electron chi connectivity index (χ2n) is 9.14. The third-order valence-electron chi connectivity index (χ3n) is 6.61. The number of aromatic nitrogens is 2. The summed E-state index contributed by atoms with van der Waals surface area (Å²) in [6.07, 6.45) is -2.26. The minimum Gasteiger partial charge on any atom is -0.487 e. The van der Waals surface area contributed by atoms with Gasteiger partial charge in [0.1, 0.15) is 17.9 Å². The van der Waals surface area contributed by atoms with Gasteiger partial charge in [-0.25, -0.2) is 9.37 Å². The zero-order valence-corrected chi connectivity index (χ0v) is 20.0. The summed E-state index contributed by atoms with van der Waals surface area (Å²) in [4.78, 5) is 33.8. The Balaban J connectivity index is 1.54. The normalized spacial score (nSPS) is 18.0. The Morgan fingerprint density at radius 3 is 2.65 bits per heavy atom. The number of hydrogen-bond acceptors (Lipinski definition) is 7. The van der Waals surface area contributed by atoms with Crippen LogP contribution in [0.15, 0.2) is 35.4 Å². The molecule has 2 aromatic heterocycles. The van der Waals surface area contributed by atoms with Gasteiger partial charge in [-0.15, -0.1) is 0 Å². The van der Waals surface area contributed by atoms with Gasteiger partial charge >= 0.3 is 6.18 Å². The van der Waals surface area contributed by atoms with Crippen molar-refractivity contribution in [1.82, 2.24) is 19.9 Å². The minimum atomic E-state index is -4.71. The van der Waals surface area contributed by atoms with Crippen molar-refractivity contribution in [1.29, 1.82) is 0 Å². The van der Waals surface area contributed by atoms with Crippen molar-refractivity contribution in [3.05, 3.63) is 57.8 Å². The first-order valence-corrected chi connectivity index (χ1v) is 11.6. The Morgan fingerprint density at radius 1 is 1.22 bits per heavy atom. The number of ether oxygens (including phenoxy) is 1. The largest absolute Gasteiger partial charge is 0.487 e. The number of hydrazine groups is 1. The Morgan fingerprint density at radius 2 is 1.95 bits per heavy atom. The Kier molecular flexibility index (Phi) is 6.18. The van der Waals surface area contributed by atoms with Crippen LogP contribution < -0.4 is 25.9 Å². The standard InChI is InChI=1S/C24H24F4N6O3/c1-13-12-37-21-18-14(10-17(25)19(21)33-8-6-32(2)7-9-33)20(35)15(11-34(13)18)23(36)31-30-22-16(24(26,27)28)4-3-5-29-22/h3-5,10-11,13H,6-9,12H2,1-2H3,(H,29,30)(H,31,36). The van der Waals surface area contributed by atoms with Gasteiger partial charge in [0.2, 0.25) is 5.43 Å². The fourth-order valence-electron chi connectivity index (χ4n) is 4.62. The summed E-state index contributed by atoms with van der Waals surface area (Å²) < 4.78 is 62.8. The number of carbonyl (C=O) groups excluding carboxylic acids is 1. The molecule has 1 amide bonds. The molecule has 0 spiro atoms. The molecule has 0 radical (unpaired) electrons. The number of rotatable bonds is 4. The lowest BCUT2D eigenvalue weighted by atomic mass is 10.0. The van der Waals surface area contributed by atoms with Crippen molar-refractivity contribution in [3.8, 4) is 5.75 Å². The predicted octanol–water partition coefficient (Wildman–Crippen LogP) is 3.02. The van der Waals surface area contributed by atoms with Gasteiger partial charge in [0.05, 0.1) is 22.5 Å². The Hall–Kier alpha value is -3.87. The fraction of sp³-hybridized carbons (Fsp3) is 0.375. The van der Waals surface area contributed by atoms with Crippen LogP contribution in [0.5, 0.6) is 5.75 Å². The monoisotopic (exact) mass is 520 g/mol. The smallest absolute Gasteiger partial charge is 0.420 e. The zero-order chi connectivity index (χ0) is 26.5. The van der Waals surface area contributed by atoms with Crippen molar-refractivity contribution in [3.63, 3.8) is 0 Å². The molecular formula is C24H24F4N6O3. The number of nitrogens with zero attached hydrogens (tertiary/aromatic N) is 4. The Labute approximate surface area is 208 Å². The van der Waals surface area contributed by atoms with Crippen LogP contribution in [0.4, 0.5) is 29.1 Å². The van der Waals surface area contributed by atoms with Crippen molar-refractivity contribution in [2.75, 3.05) is 50.2 Å². The number of hydrogen-bond donors (Lipinski definition) is 2. The topological polar surface area (TPSA) is 91.7 Å². The molecule has 0 bridgehead atoms. The van der Waals surface area contributed by atoms with Gasteiger partial charge in [0.15, 0.2) is 17.4 Å². The van der Waals surface area contributed by atoms with Crippen molar-refractivity contribution >= 4 is 28.3 Å². The second-order valence-corrected chi connectivity index (χ2v) is 9.14. The third kappa shape index (κ3) is 4.43. The van der Waals surface area contributed by atoms with E-state index in [9.17, 15) is 22.8 Å². The first-order chi connectivity index (χ1) is 17.6. The molecular weight excluding hydrogens is 496 g/mol. The van der Waals surface area contributed by atoms with Crippen molar-refractivity contribution in [2.24, 2.45) is 0 Å². The number of halogens is 4. The summed E-state index contributed by atoms with van der Waals surface area (Å²) in [5, 5.41) is -0.0570. The summed E-state index contributed by atoms with van der Waals surface area (Å²) in [5.41, 5.74) is 2.67. The van der Waals surface area contributed by atoms with E-state index in [4.69, 9.17) is 4.74 Å². The molecule has 3 aromatic rings. The highest BCUT2D eigenvalue weighted by Gasteiger charge is 2.35. The number of alkyl halides is 3. The molecule has 2 aliphatic heterocycles. The number of amides is 1. The van der Waals surface area contributed by atoms with Gasteiger partial charge in [-0.3, -0.25) is 20.4 Å². The van der Waals surface area contributed by atoms with Gasteiger partial charge in [-0.05, 0) is 32.2 Å². The molecule has 9 nitrogen and oxygen atoms in total. The summed E-state index contributed by atoms with van der Waals surface area (Å²) in [6.45, 7) is 4.62. The van der Waals surface area contributed by atoms with Crippen LogP contribution in [-0.4, -0.2) is 60.2 Å². The van der Waals surface area contributed by atoms with E-state index < -0.39 is 34.7 Å². The summed E-state index contributed by atoms with van der Waals surface area (Å²) in [6, 6.07) is 2.72. The molecule has 2 N–H and O–H groups in total. The maximum absolute atomic E-state index is 15.4. The number of nitrogens with one attached hydrogen (secondary N) is 2. The second kappa shape index (κ2) is 9.21. The lowest BCUT2D eigenvalue weighted by Gasteiger charge is -2.37. The van der Waals surface area contributed by atoms with E-state index in [1.54, 1.807) is 4.57 Å². The quantitative estimate of drug-likeness (QED) is 0.404. The van der Waals surface area contributed by atoms with Crippen LogP contribution in [-0.2, 0) is 6.18 Å². The highest BCUT2D eigenvalue weighted by Crippen LogP contribution is 2.42. The lowest BCUT2D eigenvalue weighted by molar-refractivity contribution is -0.137. The van der Waals surface area contributed by atoms with Gasteiger partial charge in [-0.1, -0.05) is 0 Å². The molecule has 1 atom stereocenters. The maximum atomic E-state index is 15.4. The first-order valence-electron chi connectivity index (χ1n) is 11.6. The fourth-order valence-corrected chi connectivity index (χ4v) is 4.62. The Bertz CT molecular complexity index is 1430. The number of likely N-dealkylation sites (N-methyl/N-ethyl adjacent to an activating group) is 1. The molecule has 0 aliphatic carbocycles. The average molecular weight is 520 g/mol. The molecule has 0 saturated carbocycles. The van der Waals surface area contributed by atoms with Crippen molar-refractivity contribution < 1.29 is 27.1 Å². The first kappa shape index (κ1) is 24.8. The van der Waals surface area contributed by atoms with E-state index >= 15 is 4.39 Å². The van der Waals surface area contributed by atoms with E-state index in [2.05, 4.69) is 20.7 Å². The van der Waals surface area contributed by atoms with Gasteiger partial charge < -0.3 is 19.1 Å². The van der Waals surface area contributed by atoms with E-state index in [1.165, 1.54) is 6.20 Å². The van der Waals surface area contributed by atoms with Crippen LogP contribution in [0.3, 0.4) is 0 Å². The van der Waals surface area contributed by atoms with E-state index in [-0.39, 0.29) is 35.0 Å². The van der Waals surface area contributed by atoms with Crippen molar-refractivity contribution in [2.45, 2.75) is 19.1 Å². The molecule has 1 saturated heterocycles. The molecule has 1 unspecified atom stereocenters. The van der Waals surface area contributed by atoms with Crippen LogP contribution >= 0.6 is 0 Å². The molecule has 2 aliphatic rings. The highest BCUT2D eigenvalue weighted by molar-refractivity contribution is 6.00. The number of carbonyl (C=O) groups is 1. The van der Waals surface area contributed by atoms with Crippen LogP contribution in [0, 0.1) is 5.82 Å². The molecule has 37 heavy (non-hydrogen) atoms. The number of anilines is 2. The molecule has 196 valence electrons. The van der Waals surface area contributed by atoms with Crippen LogP contribution in [0.1, 0.15) is 28.9 Å². The molecule has 4 heterocycles. The van der Waals surface area contributed by atoms with Gasteiger partial charge in [-0.2, -0.15) is 13.2 Å². The summed E-state index contributed by atoms with van der Waals surface area (Å²) in [5.74, 6) is -2.02. The minimum absolute atomic E-state index is 0.0570. The summed E-state index contributed by atoms with van der Waals surface area (Å²) >= 11 is 0. The summed E-state index contributed by atoms with van der Waals surface area (Å²) in [7, 11) is 1.98. The molecule has 1 aromatic carbocycles. The average Bonchev–Trinajstić information content (AvgIpc) is 2.86. The SMILES string of the molecule is CC1COc2c(N3CCN(C)CC3)c(F)cc3c(=O)c(C(=O)NNc4ncccc4C(F)(F)F)cn1c23. The molecule has 5 rings (SSSR count). The van der Waals surface area contributed by atoms with Gasteiger partial charge in [0, 0.05) is 38.6 Å². The number of pyridine rings is 2. The number of benzene rings is 1. The van der Waals surface area contributed by atoms with E-state index in [0.29, 0.717) is 18.6 Å². The van der Waals surface area contributed by atoms with Crippen LogP contribution in [0.25, 0.3) is 10.9 Å². The molecule has 1 fully saturated rings. The highest BCUT2D eigenvalue weighted by atomic mass is 19.4. The van der Waals surface area contributed by atoms with E-state index in [0.717, 1.165) is 37.5 Å². The molecule has 13 heteroatoms. The van der Waals surface area contributed by atoms with Gasteiger partial charge in [0.25, 0.3) is 5.91 Å². The predicted molar refractivity (Wildman–Crippen MR) is 128 cm³/mol. The lowest BCUT2D eigenvalue weighted by Crippen LogP contribution is -2.45.